The van der Waals surface area contributed by atoms with Crippen LogP contribution in [0, 0.1) is 10.1 Å². The summed E-state index contributed by atoms with van der Waals surface area (Å²) >= 11 is 0. The Morgan fingerprint density at radius 2 is 1.59 bits per heavy atom. The maximum atomic E-state index is 12.9. The zero-order valence-electron chi connectivity index (χ0n) is 15.6. The van der Waals surface area contributed by atoms with Crippen molar-refractivity contribution in [3.63, 3.8) is 0 Å². The van der Waals surface area contributed by atoms with E-state index in [9.17, 15) is 26.9 Å². The molecule has 0 saturated carbocycles. The Balaban J connectivity index is 2.44. The summed E-state index contributed by atoms with van der Waals surface area (Å²) in [6.07, 6.45) is 1.39. The number of hydrogen-bond acceptors (Lipinski definition) is 7. The third kappa shape index (κ3) is 5.37. The van der Waals surface area contributed by atoms with Crippen LogP contribution in [0.2, 0.25) is 0 Å². The van der Waals surface area contributed by atoms with E-state index in [4.69, 9.17) is 4.74 Å². The van der Waals surface area contributed by atoms with Gasteiger partial charge >= 0.3 is 0 Å². The van der Waals surface area contributed by atoms with Crippen molar-refractivity contribution in [3.8, 4) is 0 Å². The van der Waals surface area contributed by atoms with Crippen LogP contribution in [-0.4, -0.2) is 35.0 Å². The summed E-state index contributed by atoms with van der Waals surface area (Å²) in [6.45, 7) is 1.49. The number of nitro benzene ring substituents is 1. The van der Waals surface area contributed by atoms with Crippen LogP contribution in [0.1, 0.15) is 6.92 Å². The Morgan fingerprint density at radius 3 is 2.10 bits per heavy atom. The Labute approximate surface area is 169 Å². The normalized spacial score (nSPS) is 14.1. The van der Waals surface area contributed by atoms with Crippen molar-refractivity contribution in [2.45, 2.75) is 22.8 Å². The maximum absolute atomic E-state index is 12.9. The van der Waals surface area contributed by atoms with E-state index in [1.54, 1.807) is 18.2 Å². The maximum Gasteiger partial charge on any atom is 0.269 e. The van der Waals surface area contributed by atoms with Crippen LogP contribution in [0.3, 0.4) is 0 Å². The molecule has 0 amide bonds. The smallest absolute Gasteiger partial charge is 0.269 e. The van der Waals surface area contributed by atoms with Crippen LogP contribution >= 0.6 is 0 Å². The van der Waals surface area contributed by atoms with Crippen molar-refractivity contribution in [3.05, 3.63) is 87.2 Å². The number of allylic oxidation sites excluding steroid dienone is 2. The molecule has 0 aliphatic heterocycles. The molecular weight excluding hydrogens is 418 g/mol. The molecule has 2 rings (SSSR count). The molecule has 29 heavy (non-hydrogen) atoms. The molecule has 0 aliphatic carbocycles. The van der Waals surface area contributed by atoms with Gasteiger partial charge in [0.2, 0.25) is 9.84 Å². The van der Waals surface area contributed by atoms with Gasteiger partial charge in [-0.3, -0.25) is 10.1 Å². The van der Waals surface area contributed by atoms with Gasteiger partial charge in [0.05, 0.1) is 25.7 Å². The highest BCUT2D eigenvalue weighted by Gasteiger charge is 2.26. The minimum Gasteiger partial charge on any atom is -0.376 e. The van der Waals surface area contributed by atoms with Crippen molar-refractivity contribution in [2.24, 2.45) is 0 Å². The Kier molecular flexibility index (Phi) is 7.07. The molecule has 0 radical (unpaired) electrons. The molecule has 2 aromatic carbocycles. The van der Waals surface area contributed by atoms with E-state index >= 15 is 0 Å². The molecule has 0 fully saturated rings. The van der Waals surface area contributed by atoms with Gasteiger partial charge in [-0.1, -0.05) is 18.2 Å². The van der Waals surface area contributed by atoms with Crippen molar-refractivity contribution < 1.29 is 26.5 Å². The number of methoxy groups -OCH3 is 1. The first-order valence-electron chi connectivity index (χ1n) is 8.30. The minimum atomic E-state index is -4.07. The van der Waals surface area contributed by atoms with Gasteiger partial charge in [-0.2, -0.15) is 0 Å². The summed E-state index contributed by atoms with van der Waals surface area (Å²) in [5, 5.41) is 11.7. The first-order chi connectivity index (χ1) is 13.6. The minimum absolute atomic E-state index is 0.0733. The van der Waals surface area contributed by atoms with E-state index in [1.165, 1.54) is 26.2 Å². The van der Waals surface area contributed by atoms with E-state index < -0.39 is 30.7 Å². The fourth-order valence-corrected chi connectivity index (χ4v) is 4.91. The molecule has 2 aromatic rings. The second-order valence-corrected chi connectivity index (χ2v) is 9.67. The third-order valence-corrected chi connectivity index (χ3v) is 7.44. The molecule has 0 heterocycles. The quantitative estimate of drug-likeness (QED) is 0.353. The van der Waals surface area contributed by atoms with Crippen LogP contribution in [0.15, 0.2) is 86.9 Å². The summed E-state index contributed by atoms with van der Waals surface area (Å²) in [6, 6.07) is 12.1. The molecular formula is C19H19NO7S2. The summed E-state index contributed by atoms with van der Waals surface area (Å²) < 4.78 is 55.6. The number of benzene rings is 2. The van der Waals surface area contributed by atoms with Gasteiger partial charge in [-0.25, -0.2) is 16.8 Å². The lowest BCUT2D eigenvalue weighted by Gasteiger charge is -2.14. The van der Waals surface area contributed by atoms with E-state index in [-0.39, 0.29) is 20.4 Å². The molecule has 0 spiro atoms. The summed E-state index contributed by atoms with van der Waals surface area (Å²) in [7, 11) is -6.51. The van der Waals surface area contributed by atoms with E-state index in [0.717, 1.165) is 41.8 Å². The predicted octanol–water partition coefficient (Wildman–Crippen LogP) is 3.27. The van der Waals surface area contributed by atoms with Gasteiger partial charge in [0, 0.05) is 24.7 Å². The zero-order chi connectivity index (χ0) is 21.7. The number of nitrogens with zero attached hydrogens (tertiary/aromatic N) is 1. The van der Waals surface area contributed by atoms with Gasteiger partial charge in [-0.15, -0.1) is 0 Å². The van der Waals surface area contributed by atoms with E-state index in [0.29, 0.717) is 0 Å². The fraction of sp³-hybridized carbons (Fsp3) is 0.158. The van der Waals surface area contributed by atoms with Crippen LogP contribution in [0.5, 0.6) is 0 Å². The molecule has 0 N–H and O–H groups in total. The molecule has 0 aliphatic rings. The molecule has 1 unspecified atom stereocenters. The van der Waals surface area contributed by atoms with E-state index in [1.807, 2.05) is 0 Å². The van der Waals surface area contributed by atoms with Crippen molar-refractivity contribution in [1.82, 2.24) is 0 Å². The van der Waals surface area contributed by atoms with Crippen LogP contribution in [-0.2, 0) is 24.4 Å². The third-order valence-electron chi connectivity index (χ3n) is 4.01. The zero-order valence-corrected chi connectivity index (χ0v) is 17.3. The van der Waals surface area contributed by atoms with Gasteiger partial charge in [-0.05, 0) is 43.3 Å². The topological polar surface area (TPSA) is 121 Å². The monoisotopic (exact) mass is 437 g/mol. The Morgan fingerprint density at radius 1 is 1.00 bits per heavy atom. The molecule has 0 aromatic heterocycles. The van der Waals surface area contributed by atoms with Crippen molar-refractivity contribution >= 4 is 25.4 Å². The largest absolute Gasteiger partial charge is 0.376 e. The van der Waals surface area contributed by atoms with Crippen LogP contribution < -0.4 is 0 Å². The summed E-state index contributed by atoms with van der Waals surface area (Å²) in [5.74, 6) is 0. The van der Waals surface area contributed by atoms with Gasteiger partial charge < -0.3 is 4.74 Å². The molecule has 10 heteroatoms. The standard InChI is InChI=1S/C19H19NO7S2/c1-15(27-2)19(9-6-14-28(23,24)17-7-4-3-5-8-17)29(25,26)18-12-10-16(11-13-18)20(21)22/h3-15H,1-2H3/b14-6+,19-9-. The van der Waals surface area contributed by atoms with Gasteiger partial charge in [0.25, 0.3) is 5.69 Å². The van der Waals surface area contributed by atoms with Crippen molar-refractivity contribution in [1.29, 1.82) is 0 Å². The highest BCUT2D eigenvalue weighted by Crippen LogP contribution is 2.25. The average molecular weight is 437 g/mol. The first-order valence-corrected chi connectivity index (χ1v) is 11.3. The van der Waals surface area contributed by atoms with Gasteiger partial charge in [0.1, 0.15) is 0 Å². The lowest BCUT2D eigenvalue weighted by atomic mass is 10.3. The second-order valence-electron chi connectivity index (χ2n) is 5.89. The Hall–Kier alpha value is -2.82. The molecule has 1 atom stereocenters. The van der Waals surface area contributed by atoms with Gasteiger partial charge in [0.15, 0.2) is 9.84 Å². The molecule has 154 valence electrons. The number of non-ortho nitro benzene ring substituents is 1. The lowest BCUT2D eigenvalue weighted by molar-refractivity contribution is -0.384. The number of ether oxygens (including phenoxy) is 1. The van der Waals surface area contributed by atoms with E-state index in [2.05, 4.69) is 0 Å². The SMILES string of the molecule is COC(C)/C(=C/C=C/S(=O)(=O)c1ccccc1)S(=O)(=O)c1ccc([N+](=O)[O-])cc1. The molecule has 0 bridgehead atoms. The summed E-state index contributed by atoms with van der Waals surface area (Å²) in [5.41, 5.74) is -0.247. The molecule has 0 saturated heterocycles. The number of nitro groups is 1. The van der Waals surface area contributed by atoms with Crippen LogP contribution in [0.4, 0.5) is 5.69 Å². The summed E-state index contributed by atoms with van der Waals surface area (Å²) in [4.78, 5) is 9.84. The molecule has 8 nitrogen and oxygen atoms in total. The van der Waals surface area contributed by atoms with Crippen molar-refractivity contribution in [2.75, 3.05) is 7.11 Å². The Bertz CT molecular complexity index is 1130. The number of rotatable bonds is 8. The average Bonchev–Trinajstić information content (AvgIpc) is 2.71. The van der Waals surface area contributed by atoms with Crippen LogP contribution in [0.25, 0.3) is 0 Å². The fourth-order valence-electron chi connectivity index (χ4n) is 2.37. The lowest BCUT2D eigenvalue weighted by Crippen LogP contribution is -2.18. The first kappa shape index (κ1) is 22.5. The number of hydrogen-bond donors (Lipinski definition) is 0. The number of sulfone groups is 2. The highest BCUT2D eigenvalue weighted by atomic mass is 32.2. The second kappa shape index (κ2) is 9.12. The predicted molar refractivity (Wildman–Crippen MR) is 108 cm³/mol. The highest BCUT2D eigenvalue weighted by molar-refractivity contribution is 7.95.